The topological polar surface area (TPSA) is 55.4 Å². The highest BCUT2D eigenvalue weighted by atomic mass is 35.5. The lowest BCUT2D eigenvalue weighted by atomic mass is 9.84. The Labute approximate surface area is 123 Å². The minimum absolute atomic E-state index is 0.00919. The number of ether oxygens (including phenoxy) is 1. The lowest BCUT2D eigenvalue weighted by Gasteiger charge is -2.27. The molecule has 1 amide bonds. The molecule has 1 fully saturated rings. The summed E-state index contributed by atoms with van der Waals surface area (Å²) in [5.41, 5.74) is 0.743. The van der Waals surface area contributed by atoms with Crippen molar-refractivity contribution in [2.24, 2.45) is 5.92 Å². The van der Waals surface area contributed by atoms with E-state index in [0.29, 0.717) is 5.02 Å². The SMILES string of the molecule is COC(=O)CC(NC(=O)C1CCC1)c1ccccc1Cl. The Morgan fingerprint density at radius 2 is 2.10 bits per heavy atom. The number of amides is 1. The highest BCUT2D eigenvalue weighted by Gasteiger charge is 2.28. The molecule has 1 N–H and O–H groups in total. The first-order valence-electron chi connectivity index (χ1n) is 6.73. The summed E-state index contributed by atoms with van der Waals surface area (Å²) in [6.07, 6.45) is 3.00. The van der Waals surface area contributed by atoms with Crippen LogP contribution in [-0.2, 0) is 14.3 Å². The molecule has 1 aromatic rings. The zero-order valence-electron chi connectivity index (χ0n) is 11.4. The van der Waals surface area contributed by atoms with Gasteiger partial charge in [-0.3, -0.25) is 9.59 Å². The number of hydrogen-bond acceptors (Lipinski definition) is 3. The molecule has 0 radical (unpaired) electrons. The summed E-state index contributed by atoms with van der Waals surface area (Å²) < 4.78 is 4.69. The average molecular weight is 296 g/mol. The highest BCUT2D eigenvalue weighted by Crippen LogP contribution is 2.29. The molecular formula is C15H18ClNO3. The molecule has 1 aliphatic carbocycles. The molecule has 0 spiro atoms. The second kappa shape index (κ2) is 6.75. The van der Waals surface area contributed by atoms with Gasteiger partial charge in [0, 0.05) is 10.9 Å². The van der Waals surface area contributed by atoms with Gasteiger partial charge in [-0.25, -0.2) is 0 Å². The maximum atomic E-state index is 12.1. The van der Waals surface area contributed by atoms with E-state index >= 15 is 0 Å². The number of hydrogen-bond donors (Lipinski definition) is 1. The molecule has 1 atom stereocenters. The first-order valence-corrected chi connectivity index (χ1v) is 7.11. The molecule has 0 heterocycles. The molecule has 1 saturated carbocycles. The number of esters is 1. The quantitative estimate of drug-likeness (QED) is 0.850. The van der Waals surface area contributed by atoms with Gasteiger partial charge in [-0.05, 0) is 24.5 Å². The minimum atomic E-state index is -0.441. The van der Waals surface area contributed by atoms with Crippen molar-refractivity contribution in [2.45, 2.75) is 31.7 Å². The first-order chi connectivity index (χ1) is 9.61. The Morgan fingerprint density at radius 1 is 1.40 bits per heavy atom. The van der Waals surface area contributed by atoms with Crippen LogP contribution >= 0.6 is 11.6 Å². The van der Waals surface area contributed by atoms with Crippen LogP contribution in [-0.4, -0.2) is 19.0 Å². The van der Waals surface area contributed by atoms with E-state index in [1.807, 2.05) is 18.2 Å². The molecule has 108 valence electrons. The van der Waals surface area contributed by atoms with Gasteiger partial charge < -0.3 is 10.1 Å². The van der Waals surface area contributed by atoms with E-state index in [9.17, 15) is 9.59 Å². The van der Waals surface area contributed by atoms with Gasteiger partial charge in [0.1, 0.15) is 0 Å². The lowest BCUT2D eigenvalue weighted by Crippen LogP contribution is -2.38. The largest absolute Gasteiger partial charge is 0.469 e. The van der Waals surface area contributed by atoms with Crippen LogP contribution < -0.4 is 5.32 Å². The number of nitrogens with one attached hydrogen (secondary N) is 1. The molecule has 1 aliphatic rings. The van der Waals surface area contributed by atoms with Crippen molar-refractivity contribution in [1.29, 1.82) is 0 Å². The van der Waals surface area contributed by atoms with E-state index < -0.39 is 6.04 Å². The summed E-state index contributed by atoms with van der Waals surface area (Å²) in [5, 5.41) is 3.45. The lowest BCUT2D eigenvalue weighted by molar-refractivity contribution is -0.141. The van der Waals surface area contributed by atoms with Gasteiger partial charge in [0.15, 0.2) is 0 Å². The Morgan fingerprint density at radius 3 is 2.65 bits per heavy atom. The summed E-state index contributed by atoms with van der Waals surface area (Å²) in [4.78, 5) is 23.6. The number of carbonyl (C=O) groups is 2. The normalized spacial score (nSPS) is 16.1. The minimum Gasteiger partial charge on any atom is -0.469 e. The van der Waals surface area contributed by atoms with E-state index in [4.69, 9.17) is 16.3 Å². The monoisotopic (exact) mass is 295 g/mol. The molecule has 0 aromatic heterocycles. The first kappa shape index (κ1) is 14.9. The fourth-order valence-corrected chi connectivity index (χ4v) is 2.47. The maximum Gasteiger partial charge on any atom is 0.307 e. The molecule has 5 heteroatoms. The third kappa shape index (κ3) is 3.51. The third-order valence-electron chi connectivity index (χ3n) is 3.67. The van der Waals surface area contributed by atoms with E-state index in [2.05, 4.69) is 5.32 Å². The summed E-state index contributed by atoms with van der Waals surface area (Å²) >= 11 is 6.15. The number of carbonyl (C=O) groups excluding carboxylic acids is 2. The number of halogens is 1. The van der Waals surface area contributed by atoms with Crippen LogP contribution in [0.25, 0.3) is 0 Å². The van der Waals surface area contributed by atoms with Crippen molar-refractivity contribution in [3.05, 3.63) is 34.9 Å². The van der Waals surface area contributed by atoms with Crippen molar-refractivity contribution in [1.82, 2.24) is 5.32 Å². The van der Waals surface area contributed by atoms with Gasteiger partial charge in [-0.2, -0.15) is 0 Å². The third-order valence-corrected chi connectivity index (χ3v) is 4.02. The molecule has 1 unspecified atom stereocenters. The molecule has 0 aliphatic heterocycles. The van der Waals surface area contributed by atoms with Gasteiger partial charge in [-0.15, -0.1) is 0 Å². The molecular weight excluding hydrogens is 278 g/mol. The maximum absolute atomic E-state index is 12.1. The van der Waals surface area contributed by atoms with Crippen LogP contribution in [0.1, 0.15) is 37.3 Å². The van der Waals surface area contributed by atoms with Gasteiger partial charge in [0.25, 0.3) is 0 Å². The zero-order valence-corrected chi connectivity index (χ0v) is 12.2. The van der Waals surface area contributed by atoms with Crippen LogP contribution in [0.15, 0.2) is 24.3 Å². The Kier molecular flexibility index (Phi) is 5.01. The van der Waals surface area contributed by atoms with Crippen molar-refractivity contribution in [3.63, 3.8) is 0 Å². The summed E-state index contributed by atoms with van der Waals surface area (Å²) in [7, 11) is 1.33. The molecule has 0 saturated heterocycles. The molecule has 2 rings (SSSR count). The van der Waals surface area contributed by atoms with E-state index in [-0.39, 0.29) is 24.2 Å². The van der Waals surface area contributed by atoms with Crippen LogP contribution in [0.5, 0.6) is 0 Å². The fraction of sp³-hybridized carbons (Fsp3) is 0.467. The second-order valence-electron chi connectivity index (χ2n) is 4.99. The second-order valence-corrected chi connectivity index (χ2v) is 5.40. The predicted molar refractivity (Wildman–Crippen MR) is 76.3 cm³/mol. The van der Waals surface area contributed by atoms with Gasteiger partial charge in [0.2, 0.25) is 5.91 Å². The Hall–Kier alpha value is -1.55. The summed E-state index contributed by atoms with van der Waals surface area (Å²) in [5.74, 6) is -0.313. The Balaban J connectivity index is 2.13. The Bertz CT molecular complexity index is 500. The van der Waals surface area contributed by atoms with E-state index in [0.717, 1.165) is 24.8 Å². The number of methoxy groups -OCH3 is 1. The van der Waals surface area contributed by atoms with E-state index in [1.165, 1.54) is 7.11 Å². The van der Waals surface area contributed by atoms with Crippen molar-refractivity contribution >= 4 is 23.5 Å². The van der Waals surface area contributed by atoms with Crippen molar-refractivity contribution in [3.8, 4) is 0 Å². The highest BCUT2D eigenvalue weighted by molar-refractivity contribution is 6.31. The molecule has 0 bridgehead atoms. The molecule has 4 nitrogen and oxygen atoms in total. The predicted octanol–water partition coefficient (Wildman–Crippen LogP) is 2.86. The van der Waals surface area contributed by atoms with Crippen LogP contribution in [0.3, 0.4) is 0 Å². The van der Waals surface area contributed by atoms with Crippen LogP contribution in [0.2, 0.25) is 5.02 Å². The van der Waals surface area contributed by atoms with Crippen molar-refractivity contribution in [2.75, 3.05) is 7.11 Å². The fourth-order valence-electron chi connectivity index (χ4n) is 2.21. The van der Waals surface area contributed by atoms with Gasteiger partial charge in [-0.1, -0.05) is 36.2 Å². The standard InChI is InChI=1S/C15H18ClNO3/c1-20-14(18)9-13(11-7-2-3-8-12(11)16)17-15(19)10-5-4-6-10/h2-3,7-8,10,13H,4-6,9H2,1H3,(H,17,19). The number of benzene rings is 1. The molecule has 20 heavy (non-hydrogen) atoms. The smallest absolute Gasteiger partial charge is 0.307 e. The van der Waals surface area contributed by atoms with Gasteiger partial charge >= 0.3 is 5.97 Å². The van der Waals surface area contributed by atoms with E-state index in [1.54, 1.807) is 6.07 Å². The zero-order chi connectivity index (χ0) is 14.5. The molecule has 1 aromatic carbocycles. The van der Waals surface area contributed by atoms with Crippen LogP contribution in [0, 0.1) is 5.92 Å². The number of rotatable bonds is 5. The van der Waals surface area contributed by atoms with Gasteiger partial charge in [0.05, 0.1) is 19.6 Å². The summed E-state index contributed by atoms with van der Waals surface area (Å²) in [6, 6.07) is 6.77. The average Bonchev–Trinajstić information content (AvgIpc) is 2.36. The van der Waals surface area contributed by atoms with Crippen molar-refractivity contribution < 1.29 is 14.3 Å². The summed E-state index contributed by atoms with van der Waals surface area (Å²) in [6.45, 7) is 0. The van der Waals surface area contributed by atoms with Crippen LogP contribution in [0.4, 0.5) is 0 Å².